The molecule has 4 heterocycles. The molecule has 102 heavy (non-hydrogen) atoms. The predicted octanol–water partition coefficient (Wildman–Crippen LogP) is 16.8. The molecule has 528 valence electrons. The maximum Gasteiger partial charge on any atom is 0.329 e. The Morgan fingerprint density at radius 1 is 0.392 bits per heavy atom. The van der Waals surface area contributed by atoms with Gasteiger partial charge in [0.25, 0.3) is 23.6 Å². The summed E-state index contributed by atoms with van der Waals surface area (Å²) in [6, 6.07) is 34.8. The Hall–Kier alpha value is -9.46. The predicted molar refractivity (Wildman–Crippen MR) is 390 cm³/mol. The van der Waals surface area contributed by atoms with Gasteiger partial charge in [0.2, 0.25) is 0 Å². The van der Waals surface area contributed by atoms with Crippen LogP contribution >= 0.6 is 0 Å². The zero-order valence-electron chi connectivity index (χ0n) is 59.2. The summed E-state index contributed by atoms with van der Waals surface area (Å²) < 4.78 is 52.3. The summed E-state index contributed by atoms with van der Waals surface area (Å²) >= 11 is 0. The van der Waals surface area contributed by atoms with Crippen molar-refractivity contribution in [3.63, 3.8) is 0 Å². The number of esters is 2. The van der Waals surface area contributed by atoms with Gasteiger partial charge in [-0.3, -0.25) is 29.0 Å². The van der Waals surface area contributed by atoms with E-state index in [0.717, 1.165) is 57.7 Å². The van der Waals surface area contributed by atoms with Crippen LogP contribution in [-0.4, -0.2) is 122 Å². The van der Waals surface area contributed by atoms with Crippen LogP contribution in [0.25, 0.3) is 43.1 Å². The molecule has 2 aliphatic carbocycles. The Morgan fingerprint density at radius 2 is 0.647 bits per heavy atom. The lowest BCUT2D eigenvalue weighted by molar-refractivity contribution is -0.150. The number of carbonyl (C=O) groups excluding carboxylic acids is 6. The maximum atomic E-state index is 16.5. The van der Waals surface area contributed by atoms with Gasteiger partial charge in [-0.15, -0.1) is 0 Å². The van der Waals surface area contributed by atoms with Crippen molar-refractivity contribution in [3.05, 3.63) is 166 Å². The van der Waals surface area contributed by atoms with Crippen LogP contribution < -0.4 is 29.6 Å². The molecular weight excluding hydrogens is 1290 g/mol. The van der Waals surface area contributed by atoms with Crippen LogP contribution in [0.3, 0.4) is 0 Å². The summed E-state index contributed by atoms with van der Waals surface area (Å²) in [5.74, 6) is -2.23. The zero-order valence-corrected chi connectivity index (χ0v) is 59.2. The molecule has 4 fully saturated rings. The third-order valence-electron chi connectivity index (χ3n) is 21.4. The van der Waals surface area contributed by atoms with Crippen LogP contribution in [0.2, 0.25) is 0 Å². The van der Waals surface area contributed by atoms with Gasteiger partial charge in [-0.25, -0.2) is 9.59 Å². The summed E-state index contributed by atoms with van der Waals surface area (Å²) in [6.07, 6.45) is 5.69. The molecular formula is C84H88N4O14. The summed E-state index contributed by atoms with van der Waals surface area (Å²) in [7, 11) is 0. The molecule has 6 aliphatic rings. The van der Waals surface area contributed by atoms with Gasteiger partial charge in [0.05, 0.1) is 47.7 Å². The summed E-state index contributed by atoms with van der Waals surface area (Å²) in [4.78, 5) is 98.1. The molecule has 0 radical (unpaired) electrons. The largest absolute Gasteiger partial charge is 0.463 e. The molecule has 9 aromatic rings. The van der Waals surface area contributed by atoms with Gasteiger partial charge in [-0.05, 0) is 156 Å². The molecule has 2 saturated heterocycles. The van der Waals surface area contributed by atoms with Crippen molar-refractivity contribution in [2.75, 3.05) is 52.6 Å². The Labute approximate surface area is 593 Å². The first-order valence-electron chi connectivity index (χ1n) is 36.6. The average molecular weight is 1380 g/mol. The molecule has 4 atom stereocenters. The molecule has 0 bridgehead atoms. The number of carbonyl (C=O) groups is 6. The number of nitrogens with one attached hydrogen (secondary N) is 2. The average Bonchev–Trinajstić information content (AvgIpc) is 0.922. The van der Waals surface area contributed by atoms with Crippen molar-refractivity contribution < 1.29 is 66.7 Å². The minimum absolute atomic E-state index is 0.00413. The molecule has 2 N–H and O–H groups in total. The third-order valence-corrected chi connectivity index (χ3v) is 21.4. The highest BCUT2D eigenvalue weighted by atomic mass is 16.6. The molecule has 18 heteroatoms. The Kier molecular flexibility index (Phi) is 19.0. The second-order valence-electron chi connectivity index (χ2n) is 29.6. The van der Waals surface area contributed by atoms with E-state index in [9.17, 15) is 0 Å². The normalized spacial score (nSPS) is 18.2. The number of amides is 4. The van der Waals surface area contributed by atoms with Crippen molar-refractivity contribution in [2.45, 2.75) is 155 Å². The van der Waals surface area contributed by atoms with E-state index in [1.807, 2.05) is 97.1 Å². The molecule has 15 rings (SSSR count). The third kappa shape index (κ3) is 13.2. The highest BCUT2D eigenvalue weighted by molar-refractivity contribution is 6.45. The van der Waals surface area contributed by atoms with Gasteiger partial charge in [0.1, 0.15) is 71.3 Å². The Morgan fingerprint density at radius 3 is 0.882 bits per heavy atom. The number of benzene rings is 9. The fraction of sp³-hybridized carbons (Fsp3) is 0.405. The smallest absolute Gasteiger partial charge is 0.329 e. The van der Waals surface area contributed by atoms with Gasteiger partial charge in [0, 0.05) is 69.3 Å². The lowest BCUT2D eigenvalue weighted by atomic mass is 9.80. The minimum atomic E-state index is -1.30. The van der Waals surface area contributed by atoms with Crippen LogP contribution in [0.4, 0.5) is 0 Å². The molecule has 0 spiro atoms. The maximum absolute atomic E-state index is 16.5. The van der Waals surface area contributed by atoms with E-state index in [4.69, 9.17) is 37.9 Å². The van der Waals surface area contributed by atoms with E-state index in [-0.39, 0.29) is 105 Å². The Bertz CT molecular complexity index is 4190. The molecule has 2 saturated carbocycles. The lowest BCUT2D eigenvalue weighted by Crippen LogP contribution is -2.54. The van der Waals surface area contributed by atoms with E-state index in [1.54, 1.807) is 24.3 Å². The van der Waals surface area contributed by atoms with Gasteiger partial charge >= 0.3 is 11.9 Å². The fourth-order valence-corrected chi connectivity index (χ4v) is 15.6. The van der Waals surface area contributed by atoms with E-state index in [1.165, 1.54) is 0 Å². The molecule has 4 amide bonds. The van der Waals surface area contributed by atoms with Gasteiger partial charge in [-0.2, -0.15) is 0 Å². The molecule has 0 aromatic heterocycles. The van der Waals surface area contributed by atoms with E-state index in [0.29, 0.717) is 120 Å². The second kappa shape index (κ2) is 28.4. The van der Waals surface area contributed by atoms with Crippen molar-refractivity contribution in [3.8, 4) is 46.0 Å². The van der Waals surface area contributed by atoms with E-state index in [2.05, 4.69) is 66.0 Å². The van der Waals surface area contributed by atoms with Crippen molar-refractivity contribution >= 4 is 78.7 Å². The molecule has 4 aliphatic heterocycles. The quantitative estimate of drug-likeness (QED) is 0.0116. The van der Waals surface area contributed by atoms with Crippen LogP contribution in [-0.2, 0) is 28.5 Å². The van der Waals surface area contributed by atoms with Crippen LogP contribution in [0.15, 0.2) is 121 Å². The highest BCUT2D eigenvalue weighted by Crippen LogP contribution is 2.59. The topological polar surface area (TPSA) is 213 Å². The highest BCUT2D eigenvalue weighted by Gasteiger charge is 2.50. The molecule has 4 unspecified atom stereocenters. The number of hydrogen-bond acceptors (Lipinski definition) is 16. The van der Waals surface area contributed by atoms with Gasteiger partial charge in [-0.1, -0.05) is 130 Å². The molecule has 18 nitrogen and oxygen atoms in total. The minimum Gasteiger partial charge on any atom is -0.463 e. The monoisotopic (exact) mass is 1380 g/mol. The van der Waals surface area contributed by atoms with Gasteiger partial charge in [0.15, 0.2) is 0 Å². The van der Waals surface area contributed by atoms with Crippen molar-refractivity contribution in [1.82, 2.24) is 20.4 Å². The summed E-state index contributed by atoms with van der Waals surface area (Å²) in [5, 5.41) is 9.12. The van der Waals surface area contributed by atoms with Crippen LogP contribution in [0.5, 0.6) is 46.0 Å². The number of nitrogens with zero attached hydrogens (tertiary/aromatic N) is 2. The first-order chi connectivity index (χ1) is 49.4. The fourth-order valence-electron chi connectivity index (χ4n) is 15.6. The van der Waals surface area contributed by atoms with Gasteiger partial charge < -0.3 is 48.5 Å². The standard InChI is InChI=1S/C84H88N4O14/c1-45(2)49-17-25-55(26-18-49)99-65-37-61-69-62(80(90)87(79(61)89)77(53-13-9-10-14-53)83(93)95-35-33-85-41-59-43-97-59)39-67(101-57-29-21-51(22-30-57)47(5)6)73-74-68(102-58-31-23-52(24-32-58)48(7)8)40-64-70-63(38-66(72(76(70)74)71(65)75(69)73)100-56-27-19-50(20-28-56)46(3)4)81(91)88(82(64)92)78(54-15-11-12-16-54)84(94)96-36-34-86-42-60-44-98-60/h17-32,37-40,45-48,53-54,59-60,77-78,85-86H,9-16,33-36,41-44H2,1-8H3. The van der Waals surface area contributed by atoms with Crippen molar-refractivity contribution in [1.29, 1.82) is 0 Å². The number of epoxide rings is 2. The second-order valence-corrected chi connectivity index (χ2v) is 29.6. The Balaban J connectivity index is 1.04. The van der Waals surface area contributed by atoms with Crippen LogP contribution in [0, 0.1) is 11.8 Å². The SMILES string of the molecule is CC(C)c1ccc(Oc2cc3c4c(cc(Oc5ccc(C(C)C)cc5)c5c6c(Oc7ccc(C(C)C)cc7)cc7c8c(cc(Oc9ccc(C(C)C)cc9)c(c2c45)c86)C(=O)N(C(C(=O)OCCNCC2CO2)C2CCCC2)C7=O)C(=O)N(C(C(=O)OCCNCC2CO2)C2CCCC2)C3=O)cc1. The number of fused-ring (bicyclic) bond motifs is 2. The first kappa shape index (κ1) is 68.3. The van der Waals surface area contributed by atoms with E-state index < -0.39 is 59.5 Å². The van der Waals surface area contributed by atoms with Crippen LogP contribution in [0.1, 0.15) is 194 Å². The number of rotatable bonds is 28. The summed E-state index contributed by atoms with van der Waals surface area (Å²) in [5.41, 5.74) is 4.48. The number of hydrogen-bond donors (Lipinski definition) is 2. The first-order valence-corrected chi connectivity index (χ1v) is 36.6. The number of imide groups is 2. The summed E-state index contributed by atoms with van der Waals surface area (Å²) in [6.45, 7) is 20.0. The molecule has 9 aromatic carbocycles. The van der Waals surface area contributed by atoms with Crippen molar-refractivity contribution in [2.24, 2.45) is 11.8 Å². The van der Waals surface area contributed by atoms with E-state index >= 15 is 28.8 Å². The number of ether oxygens (including phenoxy) is 8. The lowest BCUT2D eigenvalue weighted by Gasteiger charge is -2.37. The zero-order chi connectivity index (χ0) is 70.8.